The number of ether oxygens (including phenoxy) is 5. The van der Waals surface area contributed by atoms with E-state index in [9.17, 15) is 24.3 Å². The zero-order valence-corrected chi connectivity index (χ0v) is 26.7. The summed E-state index contributed by atoms with van der Waals surface area (Å²) in [4.78, 5) is 44.9. The van der Waals surface area contributed by atoms with Gasteiger partial charge in [0.2, 0.25) is 0 Å². The number of hydrogen-bond acceptors (Lipinski definition) is 10. The summed E-state index contributed by atoms with van der Waals surface area (Å²) >= 11 is 0. The van der Waals surface area contributed by atoms with E-state index >= 15 is 0 Å². The van der Waals surface area contributed by atoms with Crippen LogP contribution >= 0.6 is 0 Å². The molecule has 0 atom stereocenters. The Balaban J connectivity index is 0.000000488. The molecule has 0 fully saturated rings. The van der Waals surface area contributed by atoms with Crippen LogP contribution in [-0.2, 0) is 19.1 Å². The van der Waals surface area contributed by atoms with Crippen molar-refractivity contribution in [1.82, 2.24) is 0 Å². The third-order valence-electron chi connectivity index (χ3n) is 6.15. The van der Waals surface area contributed by atoms with Gasteiger partial charge in [-0.1, -0.05) is 13.2 Å². The third kappa shape index (κ3) is 15.9. The highest BCUT2D eigenvalue weighted by molar-refractivity contribution is 5.94. The second-order valence-corrected chi connectivity index (χ2v) is 9.80. The lowest BCUT2D eigenvalue weighted by molar-refractivity contribution is -0.138. The molecular weight excluding hydrogens is 608 g/mol. The van der Waals surface area contributed by atoms with E-state index in [1.165, 1.54) is 19.1 Å². The zero-order valence-electron chi connectivity index (χ0n) is 26.7. The van der Waals surface area contributed by atoms with Gasteiger partial charge < -0.3 is 34.3 Å². The van der Waals surface area contributed by atoms with Crippen molar-refractivity contribution in [1.29, 1.82) is 0 Å². The number of carbonyl (C=O) groups excluding carboxylic acids is 4. The van der Waals surface area contributed by atoms with E-state index in [1.807, 2.05) is 0 Å². The summed E-state index contributed by atoms with van der Waals surface area (Å²) in [6.07, 6.45) is 5.23. The molecule has 47 heavy (non-hydrogen) atoms. The van der Waals surface area contributed by atoms with E-state index in [4.69, 9.17) is 23.7 Å². The van der Waals surface area contributed by atoms with E-state index in [-0.39, 0.29) is 17.0 Å². The normalized spacial score (nSPS) is 9.74. The van der Waals surface area contributed by atoms with E-state index in [0.29, 0.717) is 61.0 Å². The van der Waals surface area contributed by atoms with Gasteiger partial charge in [-0.25, -0.2) is 14.4 Å². The lowest BCUT2D eigenvalue weighted by Crippen LogP contribution is -2.09. The molecule has 0 unspecified atom stereocenters. The van der Waals surface area contributed by atoms with Crippen LogP contribution in [0.3, 0.4) is 0 Å². The number of unbranched alkanes of at least 4 members (excludes halogenated alkanes) is 2. The molecule has 0 saturated heterocycles. The maximum absolute atomic E-state index is 12.2. The smallest absolute Gasteiger partial charge is 0.343 e. The van der Waals surface area contributed by atoms with E-state index in [0.717, 1.165) is 37.2 Å². The largest absolute Gasteiger partial charge is 0.508 e. The highest BCUT2D eigenvalue weighted by Gasteiger charge is 2.11. The maximum Gasteiger partial charge on any atom is 0.343 e. The van der Waals surface area contributed by atoms with Crippen molar-refractivity contribution in [2.24, 2.45) is 0 Å². The lowest BCUT2D eigenvalue weighted by Gasteiger charge is -2.09. The second kappa shape index (κ2) is 22.1. The zero-order chi connectivity index (χ0) is 33.7. The van der Waals surface area contributed by atoms with Crippen LogP contribution < -0.4 is 14.2 Å². The lowest BCUT2D eigenvalue weighted by atomic mass is 10.1. The Hall–Kier alpha value is -5.42. The summed E-state index contributed by atoms with van der Waals surface area (Å²) in [5.74, 6) is 0.600. The third-order valence-corrected chi connectivity index (χ3v) is 6.15. The number of aryl methyl sites for hydroxylation is 1. The molecule has 3 N–H and O–H groups in total. The van der Waals surface area contributed by atoms with Crippen molar-refractivity contribution in [3.05, 3.63) is 109 Å². The topological polar surface area (TPSA) is 166 Å². The van der Waals surface area contributed by atoms with E-state index in [2.05, 4.69) is 13.2 Å². The number of hydrogen-bond donors (Lipinski definition) is 1. The molecule has 0 bridgehead atoms. The highest BCUT2D eigenvalue weighted by Crippen LogP contribution is 2.24. The Morgan fingerprint density at radius 2 is 1.13 bits per heavy atom. The first kappa shape index (κ1) is 39.6. The van der Waals surface area contributed by atoms with Gasteiger partial charge in [0, 0.05) is 17.7 Å². The number of Topliss-reactive ketones (excluding diaryl/α,β-unsaturated/α-hetero) is 1. The molecule has 0 aliphatic rings. The fourth-order valence-electron chi connectivity index (χ4n) is 3.63. The molecular formula is C36H42O11. The predicted octanol–water partition coefficient (Wildman–Crippen LogP) is 5.76. The fourth-order valence-corrected chi connectivity index (χ4v) is 3.63. The number of carbonyl (C=O) groups is 4. The first-order valence-corrected chi connectivity index (χ1v) is 14.7. The van der Waals surface area contributed by atoms with Crippen molar-refractivity contribution in [3.63, 3.8) is 0 Å². The summed E-state index contributed by atoms with van der Waals surface area (Å²) in [6.45, 7) is 11.6. The van der Waals surface area contributed by atoms with Gasteiger partial charge in [0.15, 0.2) is 5.78 Å². The van der Waals surface area contributed by atoms with E-state index in [1.54, 1.807) is 61.5 Å². The number of phenolic OH excluding ortho intramolecular Hbond substituents is 1. The molecule has 0 amide bonds. The van der Waals surface area contributed by atoms with Crippen LogP contribution in [0.2, 0.25) is 0 Å². The maximum atomic E-state index is 12.2. The summed E-state index contributed by atoms with van der Waals surface area (Å²) in [5, 5.41) is 9.39. The molecule has 0 spiro atoms. The molecule has 0 radical (unpaired) electrons. The standard InChI is InChI=1S/C21H22O6.C15H18O4.H2O/c1-3-20(23)26-13-5-4-12-25-18-9-6-16(7-10-18)21(24)27-19-11-8-17(22)14-15(19)2;1-3-15(17)19-11-5-4-10-18-14-8-6-13(7-9-14)12(2)16;/h3,6-11,14,22H,1,4-5,12-13H2,2H3;3,6-9H,1,4-5,10-11H2,2H3;1H2. The van der Waals surface area contributed by atoms with Crippen LogP contribution in [0.15, 0.2) is 92.0 Å². The summed E-state index contributed by atoms with van der Waals surface area (Å²) in [7, 11) is 0. The number of phenols is 1. The number of aromatic hydroxyl groups is 1. The molecule has 3 aromatic carbocycles. The summed E-state index contributed by atoms with van der Waals surface area (Å²) in [5.41, 5.74) is 1.73. The summed E-state index contributed by atoms with van der Waals surface area (Å²) in [6, 6.07) is 18.2. The Morgan fingerprint density at radius 3 is 1.55 bits per heavy atom. The van der Waals surface area contributed by atoms with Crippen molar-refractivity contribution < 1.29 is 53.4 Å². The van der Waals surface area contributed by atoms with Gasteiger partial charge in [-0.2, -0.15) is 0 Å². The number of ketones is 1. The first-order valence-electron chi connectivity index (χ1n) is 14.7. The van der Waals surface area contributed by atoms with Crippen molar-refractivity contribution in [3.8, 4) is 23.0 Å². The minimum atomic E-state index is -0.487. The van der Waals surface area contributed by atoms with Gasteiger partial charge in [0.05, 0.1) is 32.0 Å². The minimum absolute atomic E-state index is 0. The average molecular weight is 651 g/mol. The van der Waals surface area contributed by atoms with Crippen molar-refractivity contribution in [2.75, 3.05) is 26.4 Å². The van der Waals surface area contributed by atoms with Crippen molar-refractivity contribution >= 4 is 23.7 Å². The quantitative estimate of drug-likeness (QED) is 0.0624. The molecule has 252 valence electrons. The molecule has 3 rings (SSSR count). The number of esters is 3. The van der Waals surface area contributed by atoms with Gasteiger partial charge in [0.1, 0.15) is 23.0 Å². The Bertz CT molecular complexity index is 1440. The first-order chi connectivity index (χ1) is 22.1. The molecule has 0 saturated carbocycles. The SMILES string of the molecule is C=CC(=O)OCCCCOc1ccc(C(=O)Oc2ccc(O)cc2C)cc1.C=CC(=O)OCCCCOc1ccc(C(C)=O)cc1.O. The molecule has 0 aliphatic carbocycles. The van der Waals surface area contributed by atoms with Crippen LogP contribution in [0, 0.1) is 6.92 Å². The highest BCUT2D eigenvalue weighted by atomic mass is 16.5. The van der Waals surface area contributed by atoms with Crippen LogP contribution in [0.4, 0.5) is 0 Å². The van der Waals surface area contributed by atoms with Gasteiger partial charge in [-0.15, -0.1) is 0 Å². The Labute approximate surface area is 274 Å². The van der Waals surface area contributed by atoms with Crippen LogP contribution in [-0.4, -0.2) is 60.7 Å². The molecule has 3 aromatic rings. The number of benzene rings is 3. The number of rotatable bonds is 17. The molecule has 0 aliphatic heterocycles. The molecule has 0 aromatic heterocycles. The van der Waals surface area contributed by atoms with E-state index < -0.39 is 17.9 Å². The fraction of sp³-hybridized carbons (Fsp3) is 0.278. The Morgan fingerprint density at radius 1 is 0.681 bits per heavy atom. The monoisotopic (exact) mass is 650 g/mol. The average Bonchev–Trinajstić information content (AvgIpc) is 3.06. The van der Waals surface area contributed by atoms with Crippen LogP contribution in [0.25, 0.3) is 0 Å². The van der Waals surface area contributed by atoms with Crippen molar-refractivity contribution in [2.45, 2.75) is 39.5 Å². The Kier molecular flexibility index (Phi) is 18.7. The van der Waals surface area contributed by atoms with Gasteiger partial charge in [-0.05, 0) is 112 Å². The minimum Gasteiger partial charge on any atom is -0.508 e. The van der Waals surface area contributed by atoms with Gasteiger partial charge in [0.25, 0.3) is 0 Å². The molecule has 0 heterocycles. The predicted molar refractivity (Wildman–Crippen MR) is 176 cm³/mol. The van der Waals surface area contributed by atoms with Crippen LogP contribution in [0.5, 0.6) is 23.0 Å². The second-order valence-electron chi connectivity index (χ2n) is 9.80. The van der Waals surface area contributed by atoms with Gasteiger partial charge >= 0.3 is 17.9 Å². The molecule has 11 heteroatoms. The van der Waals surface area contributed by atoms with Gasteiger partial charge in [-0.3, -0.25) is 4.79 Å². The van der Waals surface area contributed by atoms with Crippen LogP contribution in [0.1, 0.15) is 58.9 Å². The molecule has 11 nitrogen and oxygen atoms in total. The summed E-state index contributed by atoms with van der Waals surface area (Å²) < 4.78 is 26.1.